The Hall–Kier alpha value is -2.91. The highest BCUT2D eigenvalue weighted by Crippen LogP contribution is 2.28. The Kier molecular flexibility index (Phi) is 8.07. The summed E-state index contributed by atoms with van der Waals surface area (Å²) >= 11 is 7.15. The van der Waals surface area contributed by atoms with Gasteiger partial charge in [-0.2, -0.15) is 0 Å². The molecular formula is C25H29ClN4O4S. The van der Waals surface area contributed by atoms with Crippen LogP contribution in [0.5, 0.6) is 0 Å². The number of amides is 1. The summed E-state index contributed by atoms with van der Waals surface area (Å²) in [7, 11) is 0. The number of likely N-dealkylation sites (tertiary alicyclic amines) is 1. The molecule has 1 atom stereocenters. The highest BCUT2D eigenvalue weighted by atomic mass is 35.5. The molecular weight excluding hydrogens is 488 g/mol. The van der Waals surface area contributed by atoms with E-state index in [1.165, 1.54) is 11.3 Å². The molecule has 3 heterocycles. The Morgan fingerprint density at radius 2 is 2.03 bits per heavy atom. The van der Waals surface area contributed by atoms with Crippen molar-refractivity contribution >= 4 is 52.6 Å². The first kappa shape index (κ1) is 25.2. The van der Waals surface area contributed by atoms with Gasteiger partial charge in [0.2, 0.25) is 0 Å². The van der Waals surface area contributed by atoms with Crippen molar-refractivity contribution in [1.29, 1.82) is 0 Å². The van der Waals surface area contributed by atoms with E-state index in [-0.39, 0.29) is 17.8 Å². The van der Waals surface area contributed by atoms with Crippen LogP contribution in [0.15, 0.2) is 46.5 Å². The number of rotatable bonds is 8. The zero-order chi connectivity index (χ0) is 24.8. The molecule has 2 aliphatic heterocycles. The quantitative estimate of drug-likeness (QED) is 0.313. The fraction of sp³-hybridized carbons (Fsp3) is 0.440. The molecule has 1 aromatic heterocycles. The Labute approximate surface area is 213 Å². The molecule has 0 spiro atoms. The first-order valence-electron chi connectivity index (χ1n) is 11.7. The van der Waals surface area contributed by atoms with Gasteiger partial charge in [0.05, 0.1) is 46.0 Å². The molecule has 0 saturated carbocycles. The Morgan fingerprint density at radius 1 is 1.29 bits per heavy atom. The van der Waals surface area contributed by atoms with Crippen LogP contribution in [0.25, 0.3) is 0 Å². The SMILES string of the molecule is CCOC(=O)C1CCN(/C=N/c2ccc(C3=NOC(C)(CNC(=O)c4ccc(Cl)s4)C3)cc2)CC1. The number of nitrogens with one attached hydrogen (secondary N) is 1. The fourth-order valence-corrected chi connectivity index (χ4v) is 4.98. The summed E-state index contributed by atoms with van der Waals surface area (Å²) in [5, 5.41) is 7.16. The second-order valence-corrected chi connectivity index (χ2v) is 10.6. The number of thiophene rings is 1. The highest BCUT2D eigenvalue weighted by molar-refractivity contribution is 7.18. The molecule has 1 amide bonds. The van der Waals surface area contributed by atoms with E-state index in [9.17, 15) is 9.59 Å². The van der Waals surface area contributed by atoms with E-state index < -0.39 is 5.60 Å². The van der Waals surface area contributed by atoms with Gasteiger partial charge >= 0.3 is 5.97 Å². The zero-order valence-electron chi connectivity index (χ0n) is 19.8. The van der Waals surface area contributed by atoms with Gasteiger partial charge in [-0.15, -0.1) is 11.3 Å². The maximum atomic E-state index is 12.3. The van der Waals surface area contributed by atoms with E-state index in [0.29, 0.717) is 28.8 Å². The smallest absolute Gasteiger partial charge is 0.309 e. The number of carbonyl (C=O) groups excluding carboxylic acids is 2. The Morgan fingerprint density at radius 3 is 2.69 bits per heavy atom. The Bertz CT molecular complexity index is 1110. The van der Waals surface area contributed by atoms with Crippen LogP contribution < -0.4 is 5.32 Å². The van der Waals surface area contributed by atoms with Crippen LogP contribution in [0.2, 0.25) is 4.34 Å². The average Bonchev–Trinajstić information content (AvgIpc) is 3.48. The summed E-state index contributed by atoms with van der Waals surface area (Å²) in [5.74, 6) is -0.279. The van der Waals surface area contributed by atoms with E-state index in [2.05, 4.69) is 20.4 Å². The Balaban J connectivity index is 1.25. The van der Waals surface area contributed by atoms with Crippen molar-refractivity contribution < 1.29 is 19.2 Å². The molecule has 1 fully saturated rings. The van der Waals surface area contributed by atoms with Gasteiger partial charge in [0.25, 0.3) is 5.91 Å². The van der Waals surface area contributed by atoms with Gasteiger partial charge in [0, 0.05) is 19.5 Å². The maximum absolute atomic E-state index is 12.3. The van der Waals surface area contributed by atoms with Gasteiger partial charge in [0.1, 0.15) is 0 Å². The lowest BCUT2D eigenvalue weighted by atomic mass is 9.96. The lowest BCUT2D eigenvalue weighted by molar-refractivity contribution is -0.149. The van der Waals surface area contributed by atoms with E-state index in [4.69, 9.17) is 21.2 Å². The number of nitrogens with zero attached hydrogens (tertiary/aromatic N) is 3. The van der Waals surface area contributed by atoms with Crippen molar-refractivity contribution in [2.45, 2.75) is 38.7 Å². The van der Waals surface area contributed by atoms with Crippen molar-refractivity contribution in [1.82, 2.24) is 10.2 Å². The fourth-order valence-electron chi connectivity index (χ4n) is 4.02. The summed E-state index contributed by atoms with van der Waals surface area (Å²) in [6, 6.07) is 11.2. The minimum absolute atomic E-state index is 0.0125. The van der Waals surface area contributed by atoms with Crippen LogP contribution in [0.4, 0.5) is 5.69 Å². The molecule has 0 aliphatic carbocycles. The maximum Gasteiger partial charge on any atom is 0.309 e. The number of halogens is 1. The van der Waals surface area contributed by atoms with Crippen molar-refractivity contribution in [3.63, 3.8) is 0 Å². The molecule has 1 unspecified atom stereocenters. The third kappa shape index (κ3) is 6.61. The predicted octanol–water partition coefficient (Wildman–Crippen LogP) is 4.65. The van der Waals surface area contributed by atoms with Crippen LogP contribution >= 0.6 is 22.9 Å². The summed E-state index contributed by atoms with van der Waals surface area (Å²) in [5.41, 5.74) is 2.01. The van der Waals surface area contributed by atoms with E-state index in [0.717, 1.165) is 42.9 Å². The highest BCUT2D eigenvalue weighted by Gasteiger charge is 2.35. The van der Waals surface area contributed by atoms with Gasteiger partial charge in [-0.3, -0.25) is 9.59 Å². The van der Waals surface area contributed by atoms with Crippen molar-refractivity contribution in [2.75, 3.05) is 26.2 Å². The minimum atomic E-state index is -0.613. The molecule has 2 aromatic rings. The zero-order valence-corrected chi connectivity index (χ0v) is 21.4. The number of ether oxygens (including phenoxy) is 1. The number of oxime groups is 1. The number of piperidine rings is 1. The molecule has 186 valence electrons. The van der Waals surface area contributed by atoms with Crippen LogP contribution in [0.1, 0.15) is 48.3 Å². The van der Waals surface area contributed by atoms with Crippen LogP contribution in [0.3, 0.4) is 0 Å². The largest absolute Gasteiger partial charge is 0.466 e. The third-order valence-corrected chi connectivity index (χ3v) is 7.29. The van der Waals surface area contributed by atoms with Crippen LogP contribution in [-0.2, 0) is 14.4 Å². The topological polar surface area (TPSA) is 92.6 Å². The summed E-state index contributed by atoms with van der Waals surface area (Å²) < 4.78 is 5.70. The van der Waals surface area contributed by atoms with E-state index in [1.807, 2.05) is 44.5 Å². The molecule has 10 heteroatoms. The number of hydrogen-bond donors (Lipinski definition) is 1. The second-order valence-electron chi connectivity index (χ2n) is 8.90. The van der Waals surface area contributed by atoms with Crippen molar-refractivity contribution in [2.24, 2.45) is 16.1 Å². The lowest BCUT2D eigenvalue weighted by Crippen LogP contribution is -2.40. The molecule has 2 aliphatic rings. The first-order valence-corrected chi connectivity index (χ1v) is 12.9. The third-order valence-electron chi connectivity index (χ3n) is 6.06. The predicted molar refractivity (Wildman–Crippen MR) is 138 cm³/mol. The number of benzene rings is 1. The molecule has 0 radical (unpaired) electrons. The van der Waals surface area contributed by atoms with Gasteiger partial charge in [-0.05, 0) is 56.5 Å². The molecule has 0 bridgehead atoms. The summed E-state index contributed by atoms with van der Waals surface area (Å²) in [4.78, 5) is 37.1. The number of aliphatic imine (C=N–C) groups is 1. The summed E-state index contributed by atoms with van der Waals surface area (Å²) in [6.45, 7) is 6.09. The first-order chi connectivity index (χ1) is 16.8. The standard InChI is InChI=1S/C25H29ClN4O4S/c1-3-33-24(32)18-10-12-30(13-11-18)16-28-19-6-4-17(5-7-19)20-14-25(2,34-29-20)15-27-23(31)21-8-9-22(26)35-21/h4-9,16,18H,3,10-15H2,1-2H3,(H,27,31)/b28-16+. The van der Waals surface area contributed by atoms with Crippen LogP contribution in [0, 0.1) is 5.92 Å². The van der Waals surface area contributed by atoms with Crippen molar-refractivity contribution in [3.05, 3.63) is 51.2 Å². The monoisotopic (exact) mass is 516 g/mol. The van der Waals surface area contributed by atoms with Gasteiger partial charge < -0.3 is 19.8 Å². The second kappa shape index (κ2) is 11.2. The molecule has 35 heavy (non-hydrogen) atoms. The van der Waals surface area contributed by atoms with Gasteiger partial charge in [0.15, 0.2) is 5.60 Å². The number of carbonyl (C=O) groups is 2. The molecule has 1 saturated heterocycles. The molecule has 1 N–H and O–H groups in total. The van der Waals surface area contributed by atoms with Crippen LogP contribution in [-0.4, -0.2) is 60.7 Å². The molecule has 4 rings (SSSR count). The number of hydrogen-bond acceptors (Lipinski definition) is 7. The van der Waals surface area contributed by atoms with Gasteiger partial charge in [-0.25, -0.2) is 4.99 Å². The van der Waals surface area contributed by atoms with Gasteiger partial charge in [-0.1, -0.05) is 28.9 Å². The number of esters is 1. The minimum Gasteiger partial charge on any atom is -0.466 e. The van der Waals surface area contributed by atoms with Crippen molar-refractivity contribution in [3.8, 4) is 0 Å². The van der Waals surface area contributed by atoms with E-state index in [1.54, 1.807) is 12.1 Å². The van der Waals surface area contributed by atoms with E-state index >= 15 is 0 Å². The molecule has 8 nitrogen and oxygen atoms in total. The molecule has 1 aromatic carbocycles. The average molecular weight is 517 g/mol. The normalized spacial score (nSPS) is 20.5. The summed E-state index contributed by atoms with van der Waals surface area (Å²) in [6.07, 6.45) is 3.98. The lowest BCUT2D eigenvalue weighted by Gasteiger charge is -2.29.